The first kappa shape index (κ1) is 14.3. The molecule has 0 bridgehead atoms. The van der Waals surface area contributed by atoms with E-state index in [0.717, 1.165) is 23.7 Å². The largest absolute Gasteiger partial charge is 0.329 e. The molecule has 3 heterocycles. The molecule has 0 saturated carbocycles. The molecule has 21 heavy (non-hydrogen) atoms. The molecule has 5 heteroatoms. The van der Waals surface area contributed by atoms with E-state index in [4.69, 9.17) is 0 Å². The minimum Gasteiger partial charge on any atom is -0.329 e. The number of hydrogen-bond acceptors (Lipinski definition) is 3. The summed E-state index contributed by atoms with van der Waals surface area (Å²) in [5, 5.41) is 4.26. The van der Waals surface area contributed by atoms with Crippen LogP contribution in [0.25, 0.3) is 11.3 Å². The second-order valence-electron chi connectivity index (χ2n) is 6.40. The number of hydrogen-bond donors (Lipinski definition) is 0. The van der Waals surface area contributed by atoms with E-state index in [9.17, 15) is 0 Å². The van der Waals surface area contributed by atoms with Gasteiger partial charge in [-0.15, -0.1) is 0 Å². The van der Waals surface area contributed by atoms with E-state index in [1.54, 1.807) is 0 Å². The van der Waals surface area contributed by atoms with Crippen molar-refractivity contribution in [2.75, 3.05) is 13.1 Å². The third-order valence-electron chi connectivity index (χ3n) is 4.62. The average Bonchev–Trinajstić information content (AvgIpc) is 3.08. The smallest absolute Gasteiger partial charge is 0.0951 e. The van der Waals surface area contributed by atoms with Crippen molar-refractivity contribution >= 4 is 0 Å². The lowest BCUT2D eigenvalue weighted by molar-refractivity contribution is 0.135. The third-order valence-corrected chi connectivity index (χ3v) is 4.62. The van der Waals surface area contributed by atoms with Gasteiger partial charge in [-0.25, -0.2) is 4.98 Å². The highest BCUT2D eigenvalue weighted by molar-refractivity contribution is 5.56. The zero-order valence-electron chi connectivity index (χ0n) is 13.2. The van der Waals surface area contributed by atoms with Crippen molar-refractivity contribution in [3.63, 3.8) is 0 Å². The molecule has 0 radical (unpaired) electrons. The van der Waals surface area contributed by atoms with Gasteiger partial charge in [-0.3, -0.25) is 9.58 Å². The predicted octanol–water partition coefficient (Wildman–Crippen LogP) is 2.40. The maximum Gasteiger partial charge on any atom is 0.0951 e. The van der Waals surface area contributed by atoms with E-state index >= 15 is 0 Å². The first-order chi connectivity index (χ1) is 10.1. The Morgan fingerprint density at radius 3 is 2.71 bits per heavy atom. The van der Waals surface area contributed by atoms with Crippen LogP contribution in [0.2, 0.25) is 0 Å². The van der Waals surface area contributed by atoms with Gasteiger partial charge in [0.05, 0.1) is 24.4 Å². The Kier molecular flexibility index (Phi) is 4.10. The summed E-state index contributed by atoms with van der Waals surface area (Å²) in [6.07, 6.45) is 10.5. The number of nitrogens with zero attached hydrogens (tertiary/aromatic N) is 5. The molecule has 1 aliphatic rings. The Hall–Kier alpha value is -1.62. The lowest BCUT2D eigenvalue weighted by Crippen LogP contribution is -2.41. The van der Waals surface area contributed by atoms with Crippen LogP contribution in [0.15, 0.2) is 24.9 Å². The molecule has 3 rings (SSSR count). The van der Waals surface area contributed by atoms with Gasteiger partial charge in [0, 0.05) is 31.4 Å². The summed E-state index contributed by atoms with van der Waals surface area (Å²) in [5.74, 6) is 0.882. The number of rotatable bonds is 4. The Labute approximate surface area is 126 Å². The van der Waals surface area contributed by atoms with E-state index in [1.807, 2.05) is 36.6 Å². The quantitative estimate of drug-likeness (QED) is 0.867. The van der Waals surface area contributed by atoms with Crippen LogP contribution >= 0.6 is 0 Å². The van der Waals surface area contributed by atoms with E-state index in [-0.39, 0.29) is 0 Å². The van der Waals surface area contributed by atoms with Crippen molar-refractivity contribution in [2.45, 2.75) is 39.3 Å². The predicted molar refractivity (Wildman–Crippen MR) is 83.9 cm³/mol. The van der Waals surface area contributed by atoms with E-state index in [1.165, 1.54) is 25.9 Å². The molecule has 0 aliphatic carbocycles. The monoisotopic (exact) mass is 287 g/mol. The number of aromatic nitrogens is 4. The van der Waals surface area contributed by atoms with Gasteiger partial charge in [0.25, 0.3) is 0 Å². The van der Waals surface area contributed by atoms with Crippen molar-refractivity contribution in [3.05, 3.63) is 24.9 Å². The van der Waals surface area contributed by atoms with Crippen LogP contribution in [0.5, 0.6) is 0 Å². The molecule has 5 nitrogen and oxygen atoms in total. The highest BCUT2D eigenvalue weighted by Gasteiger charge is 2.21. The maximum absolute atomic E-state index is 4.33. The van der Waals surface area contributed by atoms with Crippen LogP contribution in [0.3, 0.4) is 0 Å². The molecule has 0 spiro atoms. The van der Waals surface area contributed by atoms with Gasteiger partial charge in [0.15, 0.2) is 0 Å². The SMILES string of the molecule is CC1CCN([C@H](C)Cn2cncc2-c2cnn(C)c2)CC1. The Morgan fingerprint density at radius 1 is 1.29 bits per heavy atom. The van der Waals surface area contributed by atoms with Crippen LogP contribution in [-0.4, -0.2) is 43.4 Å². The van der Waals surface area contributed by atoms with Gasteiger partial charge in [0.1, 0.15) is 0 Å². The first-order valence-corrected chi connectivity index (χ1v) is 7.86. The van der Waals surface area contributed by atoms with Crippen molar-refractivity contribution < 1.29 is 0 Å². The Bertz CT molecular complexity index is 577. The highest BCUT2D eigenvalue weighted by atomic mass is 15.2. The summed E-state index contributed by atoms with van der Waals surface area (Å²) in [6, 6.07) is 0.544. The number of imidazole rings is 1. The van der Waals surface area contributed by atoms with Crippen molar-refractivity contribution in [2.24, 2.45) is 13.0 Å². The molecule has 1 aliphatic heterocycles. The number of piperidine rings is 1. The summed E-state index contributed by atoms with van der Waals surface area (Å²) in [5.41, 5.74) is 2.29. The molecular weight excluding hydrogens is 262 g/mol. The van der Waals surface area contributed by atoms with E-state index in [0.29, 0.717) is 6.04 Å². The molecule has 2 aromatic rings. The summed E-state index contributed by atoms with van der Waals surface area (Å²) in [6.45, 7) is 8.11. The fourth-order valence-electron chi connectivity index (χ4n) is 3.13. The van der Waals surface area contributed by atoms with Crippen molar-refractivity contribution in [3.8, 4) is 11.3 Å². The molecule has 0 aromatic carbocycles. The van der Waals surface area contributed by atoms with Gasteiger partial charge >= 0.3 is 0 Å². The molecule has 0 unspecified atom stereocenters. The zero-order valence-corrected chi connectivity index (χ0v) is 13.2. The van der Waals surface area contributed by atoms with Crippen LogP contribution in [0.1, 0.15) is 26.7 Å². The van der Waals surface area contributed by atoms with Crippen molar-refractivity contribution in [1.29, 1.82) is 0 Å². The molecule has 0 N–H and O–H groups in total. The van der Waals surface area contributed by atoms with Gasteiger partial charge in [-0.1, -0.05) is 6.92 Å². The van der Waals surface area contributed by atoms with Gasteiger partial charge in [-0.05, 0) is 38.8 Å². The number of aryl methyl sites for hydroxylation is 1. The highest BCUT2D eigenvalue weighted by Crippen LogP contribution is 2.21. The normalized spacial score (nSPS) is 19.0. The van der Waals surface area contributed by atoms with Crippen LogP contribution in [0, 0.1) is 5.92 Å². The molecule has 0 amide bonds. The fraction of sp³-hybridized carbons (Fsp3) is 0.625. The minimum absolute atomic E-state index is 0.544. The van der Waals surface area contributed by atoms with Crippen LogP contribution in [0.4, 0.5) is 0 Å². The second-order valence-corrected chi connectivity index (χ2v) is 6.40. The van der Waals surface area contributed by atoms with Crippen LogP contribution in [-0.2, 0) is 13.6 Å². The van der Waals surface area contributed by atoms with E-state index < -0.39 is 0 Å². The minimum atomic E-state index is 0.544. The summed E-state index contributed by atoms with van der Waals surface area (Å²) in [4.78, 5) is 6.93. The lowest BCUT2D eigenvalue weighted by atomic mass is 9.98. The summed E-state index contributed by atoms with van der Waals surface area (Å²) >= 11 is 0. The molecule has 114 valence electrons. The Balaban J connectivity index is 1.69. The van der Waals surface area contributed by atoms with E-state index in [2.05, 4.69) is 33.4 Å². The molecule has 2 aromatic heterocycles. The van der Waals surface area contributed by atoms with Crippen LogP contribution < -0.4 is 0 Å². The summed E-state index contributed by atoms with van der Waals surface area (Å²) in [7, 11) is 1.95. The molecule has 1 saturated heterocycles. The number of likely N-dealkylation sites (tertiary alicyclic amines) is 1. The topological polar surface area (TPSA) is 38.9 Å². The molecule has 1 fully saturated rings. The molecule has 1 atom stereocenters. The van der Waals surface area contributed by atoms with Gasteiger partial charge < -0.3 is 4.57 Å². The Morgan fingerprint density at radius 2 is 2.05 bits per heavy atom. The van der Waals surface area contributed by atoms with Crippen molar-refractivity contribution in [1.82, 2.24) is 24.2 Å². The molecular formula is C16H25N5. The van der Waals surface area contributed by atoms with Gasteiger partial charge in [-0.2, -0.15) is 5.10 Å². The zero-order chi connectivity index (χ0) is 14.8. The third kappa shape index (κ3) is 3.18. The fourth-order valence-corrected chi connectivity index (χ4v) is 3.13. The maximum atomic E-state index is 4.33. The average molecular weight is 287 g/mol. The summed E-state index contributed by atoms with van der Waals surface area (Å²) < 4.78 is 4.09. The second kappa shape index (κ2) is 6.02. The van der Waals surface area contributed by atoms with Gasteiger partial charge in [0.2, 0.25) is 0 Å². The lowest BCUT2D eigenvalue weighted by Gasteiger charge is -2.35. The standard InChI is InChI=1S/C16H25N5/c1-13-4-6-20(7-5-13)14(2)10-21-12-17-9-16(21)15-8-18-19(3)11-15/h8-9,11-14H,4-7,10H2,1-3H3/t14-/m1/s1. The first-order valence-electron chi connectivity index (χ1n) is 7.86.